The van der Waals surface area contributed by atoms with Gasteiger partial charge in [0.15, 0.2) is 5.65 Å². The number of aliphatic hydroxyl groups is 1. The molecule has 170 valence electrons. The minimum atomic E-state index is -4.39. The summed E-state index contributed by atoms with van der Waals surface area (Å²) in [6, 6.07) is 14.0. The molecule has 1 saturated carbocycles. The Labute approximate surface area is 187 Å². The summed E-state index contributed by atoms with van der Waals surface area (Å²) in [5.74, 6) is 0.933. The van der Waals surface area contributed by atoms with Crippen molar-refractivity contribution in [2.45, 2.75) is 37.6 Å². The minimum absolute atomic E-state index is 0.0190. The van der Waals surface area contributed by atoms with Crippen LogP contribution in [0.15, 0.2) is 60.8 Å². The number of nitrogens with zero attached hydrogens (tertiary/aromatic N) is 4. The second kappa shape index (κ2) is 8.36. The fourth-order valence-electron chi connectivity index (χ4n) is 4.02. The van der Waals surface area contributed by atoms with Crippen molar-refractivity contribution in [1.29, 1.82) is 0 Å². The molecule has 1 aromatic carbocycles. The maximum atomic E-state index is 12.8. The van der Waals surface area contributed by atoms with Crippen LogP contribution in [0.25, 0.3) is 16.9 Å². The molecule has 0 saturated heterocycles. The van der Waals surface area contributed by atoms with Crippen LogP contribution < -0.4 is 10.6 Å². The third-order valence-corrected chi connectivity index (χ3v) is 5.70. The van der Waals surface area contributed by atoms with Crippen molar-refractivity contribution in [1.82, 2.24) is 19.6 Å². The molecule has 1 unspecified atom stereocenters. The lowest BCUT2D eigenvalue weighted by Gasteiger charge is -2.17. The molecule has 0 amide bonds. The lowest BCUT2D eigenvalue weighted by molar-refractivity contribution is -0.137. The normalized spacial score (nSPS) is 18.5. The van der Waals surface area contributed by atoms with Gasteiger partial charge in [-0.05, 0) is 67.8 Å². The van der Waals surface area contributed by atoms with Gasteiger partial charge in [0.25, 0.3) is 0 Å². The highest BCUT2D eigenvalue weighted by molar-refractivity contribution is 5.67. The maximum Gasteiger partial charge on any atom is 0.416 e. The van der Waals surface area contributed by atoms with Crippen molar-refractivity contribution in [2.75, 3.05) is 10.6 Å². The predicted molar refractivity (Wildman–Crippen MR) is 118 cm³/mol. The van der Waals surface area contributed by atoms with Gasteiger partial charge in [-0.15, -0.1) is 5.10 Å². The number of aromatic nitrogens is 4. The lowest BCUT2D eigenvalue weighted by atomic mass is 10.1. The average molecular weight is 454 g/mol. The van der Waals surface area contributed by atoms with E-state index in [0.29, 0.717) is 17.2 Å². The second-order valence-corrected chi connectivity index (χ2v) is 8.00. The third kappa shape index (κ3) is 4.47. The first-order valence-corrected chi connectivity index (χ1v) is 10.6. The summed E-state index contributed by atoms with van der Waals surface area (Å²) in [6.07, 6.45) is -0.424. The molecule has 10 heteroatoms. The lowest BCUT2D eigenvalue weighted by Crippen LogP contribution is -2.28. The highest BCUT2D eigenvalue weighted by Crippen LogP contribution is 2.30. The van der Waals surface area contributed by atoms with Gasteiger partial charge in [-0.25, -0.2) is 9.50 Å². The zero-order chi connectivity index (χ0) is 23.0. The van der Waals surface area contributed by atoms with Gasteiger partial charge in [0.2, 0.25) is 5.95 Å². The fraction of sp³-hybridized carbons (Fsp3) is 0.261. The standard InChI is InChI=1S/C23H21F3N6O/c24-23(25,26)15-7-9-16(10-8-15)28-22-30-21-6-2-4-18(32(21)31-22)14-11-12-27-20(13-14)29-17-3-1-5-19(17)33/h2,4,6-13,17,19,33H,1,3,5H2,(H,27,29)(H,28,31)/t17?,19-/m1/s1. The third-order valence-electron chi connectivity index (χ3n) is 5.70. The van der Waals surface area contributed by atoms with Crippen molar-refractivity contribution >= 4 is 23.1 Å². The van der Waals surface area contributed by atoms with E-state index in [1.165, 1.54) is 12.1 Å². The molecule has 1 fully saturated rings. The first kappa shape index (κ1) is 21.2. The van der Waals surface area contributed by atoms with Crippen LogP contribution in [0.3, 0.4) is 0 Å². The number of nitrogens with one attached hydrogen (secondary N) is 2. The quantitative estimate of drug-likeness (QED) is 0.399. The molecule has 0 radical (unpaired) electrons. The average Bonchev–Trinajstić information content (AvgIpc) is 3.39. The summed E-state index contributed by atoms with van der Waals surface area (Å²) in [5, 5.41) is 20.8. The Morgan fingerprint density at radius 3 is 2.58 bits per heavy atom. The molecule has 5 rings (SSSR count). The van der Waals surface area contributed by atoms with Gasteiger partial charge < -0.3 is 15.7 Å². The summed E-state index contributed by atoms with van der Waals surface area (Å²) in [5.41, 5.74) is 1.95. The Hall–Kier alpha value is -3.66. The van der Waals surface area contributed by atoms with E-state index >= 15 is 0 Å². The second-order valence-electron chi connectivity index (χ2n) is 8.00. The van der Waals surface area contributed by atoms with Crippen molar-refractivity contribution in [2.24, 2.45) is 0 Å². The van der Waals surface area contributed by atoms with Crippen LogP contribution in [0.4, 0.5) is 30.6 Å². The van der Waals surface area contributed by atoms with Crippen molar-refractivity contribution in [3.63, 3.8) is 0 Å². The van der Waals surface area contributed by atoms with Crippen LogP contribution in [0.1, 0.15) is 24.8 Å². The Bertz CT molecular complexity index is 1270. The first-order valence-electron chi connectivity index (χ1n) is 10.6. The zero-order valence-corrected chi connectivity index (χ0v) is 17.4. The number of benzene rings is 1. The maximum absolute atomic E-state index is 12.8. The van der Waals surface area contributed by atoms with Gasteiger partial charge in [-0.1, -0.05) is 6.07 Å². The summed E-state index contributed by atoms with van der Waals surface area (Å²) >= 11 is 0. The summed E-state index contributed by atoms with van der Waals surface area (Å²) < 4.78 is 40.0. The smallest absolute Gasteiger partial charge is 0.391 e. The number of hydrogen-bond donors (Lipinski definition) is 3. The molecule has 0 spiro atoms. The fourth-order valence-corrected chi connectivity index (χ4v) is 4.02. The molecule has 3 aromatic heterocycles. The summed E-state index contributed by atoms with van der Waals surface area (Å²) in [7, 11) is 0. The van der Waals surface area contributed by atoms with Crippen molar-refractivity contribution < 1.29 is 18.3 Å². The van der Waals surface area contributed by atoms with Crippen LogP contribution in [0, 0.1) is 0 Å². The molecule has 2 atom stereocenters. The van der Waals surface area contributed by atoms with Crippen LogP contribution >= 0.6 is 0 Å². The number of rotatable bonds is 5. The molecule has 33 heavy (non-hydrogen) atoms. The van der Waals surface area contributed by atoms with E-state index in [4.69, 9.17) is 0 Å². The number of anilines is 3. The highest BCUT2D eigenvalue weighted by atomic mass is 19.4. The molecule has 1 aliphatic rings. The van der Waals surface area contributed by atoms with Crippen LogP contribution in [0.2, 0.25) is 0 Å². The van der Waals surface area contributed by atoms with E-state index in [0.717, 1.165) is 42.7 Å². The summed E-state index contributed by atoms with van der Waals surface area (Å²) in [4.78, 5) is 8.80. The number of pyridine rings is 2. The molecule has 4 aromatic rings. The number of fused-ring (bicyclic) bond motifs is 1. The van der Waals surface area contributed by atoms with Gasteiger partial charge in [-0.2, -0.15) is 18.2 Å². The Kier molecular flexibility index (Phi) is 5.37. The van der Waals surface area contributed by atoms with E-state index in [1.807, 2.05) is 24.3 Å². The Morgan fingerprint density at radius 1 is 1.03 bits per heavy atom. The molecule has 1 aliphatic carbocycles. The Morgan fingerprint density at radius 2 is 1.85 bits per heavy atom. The number of hydrogen-bond acceptors (Lipinski definition) is 6. The molecule has 0 bridgehead atoms. The van der Waals surface area contributed by atoms with Gasteiger partial charge in [0.05, 0.1) is 23.4 Å². The monoisotopic (exact) mass is 454 g/mol. The van der Waals surface area contributed by atoms with E-state index in [-0.39, 0.29) is 18.1 Å². The number of halogens is 3. The Balaban J connectivity index is 1.41. The number of aliphatic hydroxyl groups excluding tert-OH is 1. The topological polar surface area (TPSA) is 87.4 Å². The summed E-state index contributed by atoms with van der Waals surface area (Å²) in [6.45, 7) is 0. The van der Waals surface area contributed by atoms with Crippen molar-refractivity contribution in [3.8, 4) is 11.3 Å². The van der Waals surface area contributed by atoms with Crippen LogP contribution in [-0.2, 0) is 6.18 Å². The van der Waals surface area contributed by atoms with E-state index < -0.39 is 11.7 Å². The molecule has 0 aliphatic heterocycles. The largest absolute Gasteiger partial charge is 0.416 e. The van der Waals surface area contributed by atoms with Crippen molar-refractivity contribution in [3.05, 3.63) is 66.4 Å². The van der Waals surface area contributed by atoms with E-state index in [1.54, 1.807) is 16.8 Å². The highest BCUT2D eigenvalue weighted by Gasteiger charge is 2.30. The first-order chi connectivity index (χ1) is 15.9. The zero-order valence-electron chi connectivity index (χ0n) is 17.4. The SMILES string of the molecule is O[C@@H]1CCCC1Nc1cc(-c2cccc3nc(Nc4ccc(C(F)(F)F)cc4)nn23)ccn1. The van der Waals surface area contributed by atoms with Gasteiger partial charge >= 0.3 is 6.18 Å². The van der Waals surface area contributed by atoms with E-state index in [9.17, 15) is 18.3 Å². The predicted octanol–water partition coefficient (Wildman–Crippen LogP) is 4.88. The van der Waals surface area contributed by atoms with Gasteiger partial charge in [0.1, 0.15) is 5.82 Å². The van der Waals surface area contributed by atoms with Crippen LogP contribution in [-0.4, -0.2) is 36.8 Å². The molecule has 7 nitrogen and oxygen atoms in total. The van der Waals surface area contributed by atoms with Gasteiger partial charge in [0, 0.05) is 17.4 Å². The van der Waals surface area contributed by atoms with Crippen LogP contribution in [0.5, 0.6) is 0 Å². The van der Waals surface area contributed by atoms with Gasteiger partial charge in [-0.3, -0.25) is 0 Å². The molecule has 3 heterocycles. The molecular formula is C23H21F3N6O. The molecule has 3 N–H and O–H groups in total. The minimum Gasteiger partial charge on any atom is -0.391 e. The molecular weight excluding hydrogens is 433 g/mol. The number of alkyl halides is 3. The van der Waals surface area contributed by atoms with E-state index in [2.05, 4.69) is 25.7 Å².